The SMILES string of the molecule is C1=Cc2ccc(-c3c4cc(N5c6ccccc6Sc6ccccc65)ccc4c(-c4cc5ccccc5c5ccccc45)c4cc(N5c6ccccc6Sc6ccccc65)ccc34)cc2CC1. The Hall–Kier alpha value is -7.50. The van der Waals surface area contributed by atoms with Gasteiger partial charge < -0.3 is 9.80 Å². The van der Waals surface area contributed by atoms with E-state index in [9.17, 15) is 0 Å². The first-order chi connectivity index (χ1) is 32.7. The van der Waals surface area contributed by atoms with Gasteiger partial charge in [0.05, 0.1) is 22.7 Å². The van der Waals surface area contributed by atoms with Crippen LogP contribution in [0.5, 0.6) is 0 Å². The molecule has 2 heterocycles. The van der Waals surface area contributed by atoms with E-state index in [1.165, 1.54) is 119 Å². The third-order valence-corrected chi connectivity index (χ3v) is 16.1. The quantitative estimate of drug-likeness (QED) is 0.128. The van der Waals surface area contributed by atoms with E-state index in [0.29, 0.717) is 0 Å². The van der Waals surface area contributed by atoms with E-state index >= 15 is 0 Å². The minimum absolute atomic E-state index is 1.04. The Morgan fingerprint density at radius 1 is 0.364 bits per heavy atom. The molecule has 1 aliphatic carbocycles. The highest BCUT2D eigenvalue weighted by Crippen LogP contribution is 2.56. The Balaban J connectivity index is 1.13. The van der Waals surface area contributed by atoms with Crippen molar-refractivity contribution in [1.82, 2.24) is 0 Å². The van der Waals surface area contributed by atoms with Crippen molar-refractivity contribution in [1.29, 1.82) is 0 Å². The van der Waals surface area contributed by atoms with Gasteiger partial charge in [-0.05, 0) is 168 Å². The topological polar surface area (TPSA) is 6.48 Å². The van der Waals surface area contributed by atoms with Crippen molar-refractivity contribution in [2.24, 2.45) is 0 Å². The smallest absolute Gasteiger partial charge is 0.0601 e. The Bertz CT molecular complexity index is 3780. The summed E-state index contributed by atoms with van der Waals surface area (Å²) >= 11 is 3.71. The van der Waals surface area contributed by atoms with Crippen LogP contribution < -0.4 is 9.80 Å². The Labute approximate surface area is 392 Å². The van der Waals surface area contributed by atoms with Crippen LogP contribution in [-0.2, 0) is 6.42 Å². The zero-order chi connectivity index (χ0) is 43.3. The molecule has 4 heteroatoms. The zero-order valence-electron chi connectivity index (χ0n) is 35.9. The van der Waals surface area contributed by atoms with Crippen LogP contribution in [-0.4, -0.2) is 0 Å². The number of para-hydroxylation sites is 4. The first-order valence-electron chi connectivity index (χ1n) is 22.8. The zero-order valence-corrected chi connectivity index (χ0v) is 37.5. The fourth-order valence-corrected chi connectivity index (χ4v) is 13.0. The lowest BCUT2D eigenvalue weighted by Crippen LogP contribution is -2.15. The molecule has 0 saturated carbocycles. The number of anilines is 6. The van der Waals surface area contributed by atoms with Crippen LogP contribution in [0.1, 0.15) is 17.5 Å². The molecule has 0 spiro atoms. The average Bonchev–Trinajstić information content (AvgIpc) is 3.38. The summed E-state index contributed by atoms with van der Waals surface area (Å²) in [6.45, 7) is 0. The van der Waals surface area contributed by atoms with Crippen molar-refractivity contribution < 1.29 is 0 Å². The molecule has 0 unspecified atom stereocenters. The van der Waals surface area contributed by atoms with Gasteiger partial charge in [0.1, 0.15) is 0 Å². The Morgan fingerprint density at radius 3 is 1.47 bits per heavy atom. The summed E-state index contributed by atoms with van der Waals surface area (Å²) in [4.78, 5) is 9.98. The van der Waals surface area contributed by atoms with Gasteiger partial charge in [0.15, 0.2) is 0 Å². The van der Waals surface area contributed by atoms with Crippen LogP contribution in [0.4, 0.5) is 34.1 Å². The van der Waals surface area contributed by atoms with Crippen LogP contribution in [0, 0.1) is 0 Å². The van der Waals surface area contributed by atoms with E-state index in [1.54, 1.807) is 0 Å². The minimum Gasteiger partial charge on any atom is -0.308 e. The summed E-state index contributed by atoms with van der Waals surface area (Å²) in [7, 11) is 0. The van der Waals surface area contributed by atoms with Crippen LogP contribution in [0.15, 0.2) is 232 Å². The van der Waals surface area contributed by atoms with Crippen molar-refractivity contribution in [2.75, 3.05) is 9.80 Å². The van der Waals surface area contributed by atoms with Crippen molar-refractivity contribution in [3.8, 4) is 22.3 Å². The highest BCUT2D eigenvalue weighted by atomic mass is 32.2. The predicted octanol–water partition coefficient (Wildman–Crippen LogP) is 18.5. The normalized spacial score (nSPS) is 13.7. The molecule has 0 saturated heterocycles. The monoisotopic (exact) mass is 876 g/mol. The molecule has 0 fully saturated rings. The molecule has 3 aliphatic rings. The molecule has 11 aromatic carbocycles. The molecule has 0 aromatic heterocycles. The molecule has 0 atom stereocenters. The summed E-state index contributed by atoms with van der Waals surface area (Å²) in [6, 6.07) is 77.5. The molecule has 310 valence electrons. The van der Waals surface area contributed by atoms with E-state index in [1.807, 2.05) is 23.5 Å². The van der Waals surface area contributed by atoms with E-state index in [4.69, 9.17) is 0 Å². The third-order valence-electron chi connectivity index (χ3n) is 13.8. The van der Waals surface area contributed by atoms with Crippen molar-refractivity contribution in [3.05, 3.63) is 223 Å². The molecule has 2 nitrogen and oxygen atoms in total. The number of hydrogen-bond donors (Lipinski definition) is 0. The number of rotatable bonds is 4. The second-order valence-electron chi connectivity index (χ2n) is 17.5. The molecule has 66 heavy (non-hydrogen) atoms. The maximum Gasteiger partial charge on any atom is 0.0601 e. The fraction of sp³-hybridized carbons (Fsp3) is 0.0323. The standard InChI is InChI=1S/C62H40N2S2/c1-2-16-40-35-42(30-29-39(40)15-1)61-48-33-31-44(64-55-23-9-13-27-59(55)66-60-28-14-10-24-56(60)64)38-52(48)62(50-36-41-17-3-4-18-45(41)46-19-5-6-20-47(46)50)49-34-32-43(37-51(49)61)63-53-21-7-11-25-57(53)65-58-26-12-8-22-54(58)63/h1,3-15,17-38H,2,16H2. The van der Waals surface area contributed by atoms with Gasteiger partial charge in [-0.2, -0.15) is 0 Å². The van der Waals surface area contributed by atoms with E-state index in [-0.39, 0.29) is 0 Å². The molecule has 2 aliphatic heterocycles. The van der Waals surface area contributed by atoms with Crippen LogP contribution >= 0.6 is 23.5 Å². The van der Waals surface area contributed by atoms with E-state index < -0.39 is 0 Å². The van der Waals surface area contributed by atoms with Crippen LogP contribution in [0.25, 0.3) is 71.4 Å². The maximum atomic E-state index is 2.49. The van der Waals surface area contributed by atoms with Gasteiger partial charge in [0, 0.05) is 31.0 Å². The molecule has 14 rings (SSSR count). The largest absolute Gasteiger partial charge is 0.308 e. The van der Waals surface area contributed by atoms with Gasteiger partial charge in [-0.15, -0.1) is 0 Å². The highest BCUT2D eigenvalue weighted by molar-refractivity contribution is 8.00. The number of fused-ring (bicyclic) bond motifs is 10. The molecule has 0 amide bonds. The molecule has 11 aromatic rings. The number of allylic oxidation sites excluding steroid dienone is 1. The van der Waals surface area contributed by atoms with E-state index in [2.05, 4.69) is 228 Å². The molecule has 0 bridgehead atoms. The lowest BCUT2D eigenvalue weighted by Gasteiger charge is -2.34. The predicted molar refractivity (Wildman–Crippen MR) is 282 cm³/mol. The van der Waals surface area contributed by atoms with Gasteiger partial charge >= 0.3 is 0 Å². The summed E-state index contributed by atoms with van der Waals surface area (Å²) in [5, 5.41) is 9.98. The van der Waals surface area contributed by atoms with Gasteiger partial charge in [0.25, 0.3) is 0 Å². The third kappa shape index (κ3) is 5.85. The van der Waals surface area contributed by atoms with Gasteiger partial charge in [-0.3, -0.25) is 0 Å². The second kappa shape index (κ2) is 15.0. The number of aryl methyl sites for hydroxylation is 1. The maximum absolute atomic E-state index is 2.49. The highest BCUT2D eigenvalue weighted by Gasteiger charge is 2.29. The Kier molecular flexibility index (Phi) is 8.62. The summed E-state index contributed by atoms with van der Waals surface area (Å²) in [5.41, 5.74) is 14.8. The van der Waals surface area contributed by atoms with Gasteiger partial charge in [-0.25, -0.2) is 0 Å². The lowest BCUT2D eigenvalue weighted by molar-refractivity contribution is 0.986. The summed E-state index contributed by atoms with van der Waals surface area (Å²) < 4.78 is 0. The number of benzene rings is 11. The van der Waals surface area contributed by atoms with Crippen molar-refractivity contribution in [3.63, 3.8) is 0 Å². The van der Waals surface area contributed by atoms with Crippen LogP contribution in [0.3, 0.4) is 0 Å². The molecule has 0 N–H and O–H groups in total. The number of nitrogens with zero attached hydrogens (tertiary/aromatic N) is 2. The van der Waals surface area contributed by atoms with Gasteiger partial charge in [-0.1, -0.05) is 163 Å². The number of hydrogen-bond acceptors (Lipinski definition) is 4. The van der Waals surface area contributed by atoms with Gasteiger partial charge in [0.2, 0.25) is 0 Å². The van der Waals surface area contributed by atoms with E-state index in [0.717, 1.165) is 24.2 Å². The second-order valence-corrected chi connectivity index (χ2v) is 19.7. The minimum atomic E-state index is 1.04. The Morgan fingerprint density at radius 2 is 0.864 bits per heavy atom. The fourth-order valence-electron chi connectivity index (χ4n) is 10.9. The van der Waals surface area contributed by atoms with Crippen molar-refractivity contribution in [2.45, 2.75) is 32.4 Å². The summed E-state index contributed by atoms with van der Waals surface area (Å²) in [6.07, 6.45) is 6.71. The lowest BCUT2D eigenvalue weighted by atomic mass is 9.82. The van der Waals surface area contributed by atoms with Crippen molar-refractivity contribution >= 4 is 107 Å². The summed E-state index contributed by atoms with van der Waals surface area (Å²) in [5.74, 6) is 0. The van der Waals surface area contributed by atoms with Crippen LogP contribution in [0.2, 0.25) is 0 Å². The first-order valence-corrected chi connectivity index (χ1v) is 24.4. The first kappa shape index (κ1) is 37.8. The average molecular weight is 877 g/mol. The molecule has 0 radical (unpaired) electrons. The molecular formula is C62H40N2S2. The molecular weight excluding hydrogens is 837 g/mol.